The fourth-order valence-electron chi connectivity index (χ4n) is 3.24. The second-order valence-electron chi connectivity index (χ2n) is 7.72. The molecule has 1 aromatic heterocycles. The van der Waals surface area contributed by atoms with Gasteiger partial charge in [-0.25, -0.2) is 4.39 Å². The van der Waals surface area contributed by atoms with Gasteiger partial charge in [-0.3, -0.25) is 4.79 Å². The summed E-state index contributed by atoms with van der Waals surface area (Å²) < 4.78 is 31.4. The molecule has 0 atom stereocenters. The number of benzene rings is 2. The molecule has 0 saturated heterocycles. The molecule has 2 aromatic carbocycles. The molecule has 0 aliphatic carbocycles. The number of carbonyl (C=O) groups is 1. The Labute approximate surface area is 170 Å². The Morgan fingerprint density at radius 3 is 2.48 bits per heavy atom. The Morgan fingerprint density at radius 1 is 1.10 bits per heavy atom. The highest BCUT2D eigenvalue weighted by Crippen LogP contribution is 2.31. The van der Waals surface area contributed by atoms with Gasteiger partial charge in [-0.1, -0.05) is 20.8 Å². The van der Waals surface area contributed by atoms with Crippen molar-refractivity contribution in [3.63, 3.8) is 0 Å². The molecule has 29 heavy (non-hydrogen) atoms. The first kappa shape index (κ1) is 20.9. The lowest BCUT2D eigenvalue weighted by atomic mass is 10.1. The van der Waals surface area contributed by atoms with Gasteiger partial charge in [0.25, 0.3) is 0 Å². The maximum Gasteiger partial charge on any atom is 0.310 e. The van der Waals surface area contributed by atoms with E-state index in [0.717, 1.165) is 28.7 Å². The average molecular weight is 398 g/mol. The molecular weight excluding hydrogens is 371 g/mol. The molecule has 0 aliphatic rings. The number of fused-ring (bicyclic) bond motifs is 1. The predicted octanol–water partition coefficient (Wildman–Crippen LogP) is 6.28. The SMILES string of the molecule is CCC(=O)Oc1ccc(OCc2cc(F)cc3cc(CC(C)C)oc23)c(C)c1C. The van der Waals surface area contributed by atoms with E-state index >= 15 is 0 Å². The van der Waals surface area contributed by atoms with E-state index in [9.17, 15) is 9.18 Å². The van der Waals surface area contributed by atoms with Gasteiger partial charge in [0.05, 0.1) is 0 Å². The van der Waals surface area contributed by atoms with Crippen LogP contribution in [0.15, 0.2) is 34.7 Å². The van der Waals surface area contributed by atoms with Gasteiger partial charge in [0.1, 0.15) is 35.3 Å². The molecule has 4 nitrogen and oxygen atoms in total. The van der Waals surface area contributed by atoms with Crippen molar-refractivity contribution < 1.29 is 23.1 Å². The van der Waals surface area contributed by atoms with E-state index in [1.165, 1.54) is 12.1 Å². The van der Waals surface area contributed by atoms with Crippen LogP contribution < -0.4 is 9.47 Å². The first-order valence-electron chi connectivity index (χ1n) is 9.93. The molecule has 0 unspecified atom stereocenters. The van der Waals surface area contributed by atoms with Crippen molar-refractivity contribution in [2.75, 3.05) is 0 Å². The molecule has 5 heteroatoms. The highest BCUT2D eigenvalue weighted by atomic mass is 19.1. The number of hydrogen-bond donors (Lipinski definition) is 0. The van der Waals surface area contributed by atoms with Crippen LogP contribution >= 0.6 is 0 Å². The average Bonchev–Trinajstić information content (AvgIpc) is 3.05. The summed E-state index contributed by atoms with van der Waals surface area (Å²) in [4.78, 5) is 11.6. The van der Waals surface area contributed by atoms with Crippen molar-refractivity contribution in [1.29, 1.82) is 0 Å². The summed E-state index contributed by atoms with van der Waals surface area (Å²) in [5.41, 5.74) is 3.03. The molecule has 0 aliphatic heterocycles. The van der Waals surface area contributed by atoms with Gasteiger partial charge >= 0.3 is 5.97 Å². The summed E-state index contributed by atoms with van der Waals surface area (Å²) in [6, 6.07) is 8.32. The van der Waals surface area contributed by atoms with Crippen LogP contribution in [0.1, 0.15) is 49.6 Å². The molecule has 3 aromatic rings. The lowest BCUT2D eigenvalue weighted by Gasteiger charge is -2.14. The standard InChI is InChI=1S/C24H27FO4/c1-6-23(26)29-22-8-7-21(15(4)16(22)5)27-13-18-11-19(25)10-17-12-20(9-14(2)3)28-24(17)18/h7-8,10-12,14H,6,9,13H2,1-5H3. The summed E-state index contributed by atoms with van der Waals surface area (Å²) in [5.74, 6) is 1.88. The van der Waals surface area contributed by atoms with Crippen LogP contribution in [0, 0.1) is 25.6 Å². The van der Waals surface area contributed by atoms with Crippen molar-refractivity contribution in [1.82, 2.24) is 0 Å². The van der Waals surface area contributed by atoms with Crippen molar-refractivity contribution in [3.05, 3.63) is 58.6 Å². The predicted molar refractivity (Wildman–Crippen MR) is 111 cm³/mol. The van der Waals surface area contributed by atoms with Crippen LogP contribution in [0.2, 0.25) is 0 Å². The second kappa shape index (κ2) is 8.68. The molecule has 0 fully saturated rings. The van der Waals surface area contributed by atoms with Crippen LogP contribution in [0.25, 0.3) is 11.0 Å². The van der Waals surface area contributed by atoms with E-state index in [4.69, 9.17) is 13.9 Å². The number of furan rings is 1. The zero-order valence-electron chi connectivity index (χ0n) is 17.6. The maximum atomic E-state index is 14.1. The van der Waals surface area contributed by atoms with Gasteiger partial charge in [-0.05, 0) is 61.2 Å². The monoisotopic (exact) mass is 398 g/mol. The van der Waals surface area contributed by atoms with Crippen molar-refractivity contribution in [3.8, 4) is 11.5 Å². The van der Waals surface area contributed by atoms with Gasteiger partial charge in [0, 0.05) is 23.8 Å². The highest BCUT2D eigenvalue weighted by Gasteiger charge is 2.15. The molecular formula is C24H27FO4. The molecule has 0 spiro atoms. The van der Waals surface area contributed by atoms with Crippen LogP contribution in [0.5, 0.6) is 11.5 Å². The number of ether oxygens (including phenoxy) is 2. The summed E-state index contributed by atoms with van der Waals surface area (Å²) in [6.07, 6.45) is 1.11. The number of hydrogen-bond acceptors (Lipinski definition) is 4. The van der Waals surface area contributed by atoms with Gasteiger partial charge in [-0.2, -0.15) is 0 Å². The smallest absolute Gasteiger partial charge is 0.310 e. The normalized spacial score (nSPS) is 11.3. The second-order valence-corrected chi connectivity index (χ2v) is 7.72. The van der Waals surface area contributed by atoms with Gasteiger partial charge in [0.15, 0.2) is 0 Å². The Kier molecular flexibility index (Phi) is 6.26. The van der Waals surface area contributed by atoms with Crippen molar-refractivity contribution in [2.24, 2.45) is 5.92 Å². The van der Waals surface area contributed by atoms with Crippen LogP contribution in [0.4, 0.5) is 4.39 Å². The lowest BCUT2D eigenvalue weighted by Crippen LogP contribution is -2.07. The molecule has 0 radical (unpaired) electrons. The van der Waals surface area contributed by atoms with Gasteiger partial charge in [0.2, 0.25) is 0 Å². The lowest BCUT2D eigenvalue weighted by molar-refractivity contribution is -0.134. The largest absolute Gasteiger partial charge is 0.488 e. The quantitative estimate of drug-likeness (QED) is 0.347. The molecule has 1 heterocycles. The third-order valence-corrected chi connectivity index (χ3v) is 4.90. The number of esters is 1. The third kappa shape index (κ3) is 4.78. The van der Waals surface area contributed by atoms with E-state index in [1.807, 2.05) is 19.9 Å². The number of rotatable bonds is 7. The van der Waals surface area contributed by atoms with Crippen LogP contribution in [-0.2, 0) is 17.8 Å². The van der Waals surface area contributed by atoms with Crippen molar-refractivity contribution in [2.45, 2.75) is 54.1 Å². The molecule has 154 valence electrons. The Bertz CT molecular complexity index is 1030. The minimum Gasteiger partial charge on any atom is -0.488 e. The highest BCUT2D eigenvalue weighted by molar-refractivity contribution is 5.81. The van der Waals surface area contributed by atoms with Crippen LogP contribution in [0.3, 0.4) is 0 Å². The topological polar surface area (TPSA) is 48.7 Å². The Hall–Kier alpha value is -2.82. The number of carbonyl (C=O) groups excluding carboxylic acids is 1. The fraction of sp³-hybridized carbons (Fsp3) is 0.375. The fourth-order valence-corrected chi connectivity index (χ4v) is 3.24. The minimum absolute atomic E-state index is 0.178. The van der Waals surface area contributed by atoms with Gasteiger partial charge < -0.3 is 13.9 Å². The Morgan fingerprint density at radius 2 is 1.79 bits per heavy atom. The molecule has 0 saturated carbocycles. The van der Waals surface area contributed by atoms with E-state index in [1.54, 1.807) is 19.1 Å². The number of halogens is 1. The van der Waals surface area contributed by atoms with E-state index in [0.29, 0.717) is 35.0 Å². The zero-order valence-corrected chi connectivity index (χ0v) is 17.6. The zero-order chi connectivity index (χ0) is 21.1. The molecule has 0 amide bonds. The van der Waals surface area contributed by atoms with E-state index in [2.05, 4.69) is 13.8 Å². The van der Waals surface area contributed by atoms with E-state index < -0.39 is 0 Å². The summed E-state index contributed by atoms with van der Waals surface area (Å²) >= 11 is 0. The molecule has 3 rings (SSSR count). The molecule has 0 N–H and O–H groups in total. The summed E-state index contributed by atoms with van der Waals surface area (Å²) in [6.45, 7) is 9.95. The molecule has 0 bridgehead atoms. The van der Waals surface area contributed by atoms with Gasteiger partial charge in [-0.15, -0.1) is 0 Å². The first-order chi connectivity index (χ1) is 13.8. The maximum absolute atomic E-state index is 14.1. The summed E-state index contributed by atoms with van der Waals surface area (Å²) in [5, 5.41) is 0.744. The minimum atomic E-state index is -0.317. The summed E-state index contributed by atoms with van der Waals surface area (Å²) in [7, 11) is 0. The Balaban J connectivity index is 1.84. The van der Waals surface area contributed by atoms with E-state index in [-0.39, 0.29) is 18.4 Å². The van der Waals surface area contributed by atoms with Crippen LogP contribution in [-0.4, -0.2) is 5.97 Å². The first-order valence-corrected chi connectivity index (χ1v) is 9.93. The van der Waals surface area contributed by atoms with Crippen molar-refractivity contribution >= 4 is 16.9 Å². The third-order valence-electron chi connectivity index (χ3n) is 4.90.